The van der Waals surface area contributed by atoms with Crippen LogP contribution in [-0.4, -0.2) is 26.0 Å². The third-order valence-corrected chi connectivity index (χ3v) is 6.42. The number of nitrogens with two attached hydrogens (primary N) is 1. The molecule has 0 aromatic carbocycles. The van der Waals surface area contributed by atoms with Gasteiger partial charge in [0.15, 0.2) is 0 Å². The minimum absolute atomic E-state index is 0.203. The smallest absolute Gasteiger partial charge is 0.150 e. The van der Waals surface area contributed by atoms with E-state index in [-0.39, 0.29) is 11.8 Å². The Morgan fingerprint density at radius 1 is 1.16 bits per heavy atom. The lowest BCUT2D eigenvalue weighted by Gasteiger charge is -2.32. The first-order chi connectivity index (χ1) is 8.98. The molecule has 2 N–H and O–H groups in total. The largest absolute Gasteiger partial charge is 0.327 e. The van der Waals surface area contributed by atoms with E-state index in [1.54, 1.807) is 6.92 Å². The van der Waals surface area contributed by atoms with Crippen molar-refractivity contribution in [1.82, 2.24) is 0 Å². The second kappa shape index (κ2) is 8.25. The van der Waals surface area contributed by atoms with Crippen LogP contribution in [-0.2, 0) is 9.84 Å². The highest BCUT2D eigenvalue weighted by Gasteiger charge is 2.25. The standard InChI is InChI=1S/C15H31NO2S/c1-3-6-13-8-10-14(11-9-13)15(16)7-5-12-19(17,18)4-2/h13-15H,3-12,16H2,1-2H3. The van der Waals surface area contributed by atoms with Gasteiger partial charge in [0, 0.05) is 11.8 Å². The zero-order valence-corrected chi connectivity index (χ0v) is 13.4. The second-order valence-corrected chi connectivity index (χ2v) is 8.58. The van der Waals surface area contributed by atoms with Gasteiger partial charge in [-0.2, -0.15) is 0 Å². The SMILES string of the molecule is CCCC1CCC(C(N)CCCS(=O)(=O)CC)CC1. The first-order valence-electron chi connectivity index (χ1n) is 7.94. The maximum Gasteiger partial charge on any atom is 0.150 e. The summed E-state index contributed by atoms with van der Waals surface area (Å²) in [7, 11) is -2.82. The fourth-order valence-electron chi connectivity index (χ4n) is 3.23. The molecular weight excluding hydrogens is 258 g/mol. The van der Waals surface area contributed by atoms with Gasteiger partial charge in [-0.15, -0.1) is 0 Å². The molecule has 3 nitrogen and oxygen atoms in total. The summed E-state index contributed by atoms with van der Waals surface area (Å²) in [6.07, 6.45) is 9.36. The minimum Gasteiger partial charge on any atom is -0.327 e. The molecule has 0 radical (unpaired) electrons. The van der Waals surface area contributed by atoms with Gasteiger partial charge >= 0.3 is 0 Å². The lowest BCUT2D eigenvalue weighted by Crippen LogP contribution is -2.33. The van der Waals surface area contributed by atoms with Crippen molar-refractivity contribution in [3.63, 3.8) is 0 Å². The molecule has 1 atom stereocenters. The summed E-state index contributed by atoms with van der Waals surface area (Å²) in [5, 5.41) is 0. The molecule has 1 fully saturated rings. The van der Waals surface area contributed by atoms with Crippen LogP contribution >= 0.6 is 0 Å². The highest BCUT2D eigenvalue weighted by atomic mass is 32.2. The summed E-state index contributed by atoms with van der Waals surface area (Å²) in [4.78, 5) is 0. The van der Waals surface area contributed by atoms with Gasteiger partial charge in [-0.25, -0.2) is 8.42 Å². The lowest BCUT2D eigenvalue weighted by atomic mass is 9.76. The van der Waals surface area contributed by atoms with Crippen molar-refractivity contribution in [2.24, 2.45) is 17.6 Å². The summed E-state index contributed by atoms with van der Waals surface area (Å²) in [5.74, 6) is 2.10. The third-order valence-electron chi connectivity index (χ3n) is 4.63. The summed E-state index contributed by atoms with van der Waals surface area (Å²) in [6, 6.07) is 0.203. The van der Waals surface area contributed by atoms with Crippen LogP contribution in [0.4, 0.5) is 0 Å². The van der Waals surface area contributed by atoms with Crippen molar-refractivity contribution in [3.8, 4) is 0 Å². The van der Waals surface area contributed by atoms with E-state index in [2.05, 4.69) is 6.92 Å². The number of rotatable bonds is 8. The maximum absolute atomic E-state index is 11.4. The van der Waals surface area contributed by atoms with Crippen molar-refractivity contribution in [3.05, 3.63) is 0 Å². The molecule has 0 heterocycles. The highest BCUT2D eigenvalue weighted by molar-refractivity contribution is 7.91. The van der Waals surface area contributed by atoms with Crippen LogP contribution in [0.5, 0.6) is 0 Å². The second-order valence-electron chi connectivity index (χ2n) is 6.11. The fourth-order valence-corrected chi connectivity index (χ4v) is 4.13. The van der Waals surface area contributed by atoms with Crippen LogP contribution in [0.2, 0.25) is 0 Å². The predicted molar refractivity (Wildman–Crippen MR) is 81.9 cm³/mol. The monoisotopic (exact) mass is 289 g/mol. The topological polar surface area (TPSA) is 60.2 Å². The molecular formula is C15H31NO2S. The van der Waals surface area contributed by atoms with Gasteiger partial charge in [0.25, 0.3) is 0 Å². The predicted octanol–water partition coefficient (Wildman–Crippen LogP) is 3.14. The molecule has 0 aliphatic heterocycles. The fraction of sp³-hybridized carbons (Fsp3) is 1.00. The van der Waals surface area contributed by atoms with E-state index in [0.717, 1.165) is 18.8 Å². The molecule has 1 unspecified atom stereocenters. The summed E-state index contributed by atoms with van der Waals surface area (Å²) >= 11 is 0. The Kier molecular flexibility index (Phi) is 7.37. The zero-order chi connectivity index (χ0) is 14.3. The average Bonchev–Trinajstić information content (AvgIpc) is 2.39. The normalized spacial score (nSPS) is 26.3. The van der Waals surface area contributed by atoms with Crippen LogP contribution < -0.4 is 5.73 Å². The van der Waals surface area contributed by atoms with E-state index in [0.29, 0.717) is 11.7 Å². The minimum atomic E-state index is -2.82. The molecule has 0 bridgehead atoms. The van der Waals surface area contributed by atoms with Crippen molar-refractivity contribution in [1.29, 1.82) is 0 Å². The third kappa shape index (κ3) is 6.26. The first-order valence-corrected chi connectivity index (χ1v) is 9.76. The van der Waals surface area contributed by atoms with E-state index in [9.17, 15) is 8.42 Å². The van der Waals surface area contributed by atoms with E-state index < -0.39 is 9.84 Å². The molecule has 0 saturated heterocycles. The average molecular weight is 289 g/mol. The van der Waals surface area contributed by atoms with Gasteiger partial charge in [-0.05, 0) is 37.5 Å². The van der Waals surface area contributed by atoms with Crippen LogP contribution in [0.1, 0.15) is 65.2 Å². The molecule has 19 heavy (non-hydrogen) atoms. The van der Waals surface area contributed by atoms with Gasteiger partial charge in [0.05, 0.1) is 5.75 Å². The Bertz CT molecular complexity index is 332. The van der Waals surface area contributed by atoms with Gasteiger partial charge in [0.1, 0.15) is 9.84 Å². The molecule has 4 heteroatoms. The molecule has 0 aromatic heterocycles. The Hall–Kier alpha value is -0.0900. The molecule has 114 valence electrons. The maximum atomic E-state index is 11.4. The van der Waals surface area contributed by atoms with Crippen molar-refractivity contribution in [2.45, 2.75) is 71.3 Å². The molecule has 1 aliphatic carbocycles. The Morgan fingerprint density at radius 3 is 2.32 bits per heavy atom. The molecule has 0 amide bonds. The van der Waals surface area contributed by atoms with Crippen LogP contribution in [0.15, 0.2) is 0 Å². The Labute approximate surface area is 119 Å². The Balaban J connectivity index is 2.22. The van der Waals surface area contributed by atoms with Crippen molar-refractivity contribution < 1.29 is 8.42 Å². The molecule has 0 spiro atoms. The van der Waals surface area contributed by atoms with Crippen LogP contribution in [0.25, 0.3) is 0 Å². The number of hydrogen-bond acceptors (Lipinski definition) is 3. The zero-order valence-electron chi connectivity index (χ0n) is 12.6. The number of hydrogen-bond donors (Lipinski definition) is 1. The van der Waals surface area contributed by atoms with Crippen LogP contribution in [0, 0.1) is 11.8 Å². The molecule has 1 aliphatic rings. The number of sulfone groups is 1. The first kappa shape index (κ1) is 17.0. The summed E-state index contributed by atoms with van der Waals surface area (Å²) in [6.45, 7) is 3.97. The summed E-state index contributed by atoms with van der Waals surface area (Å²) in [5.41, 5.74) is 6.24. The molecule has 1 saturated carbocycles. The van der Waals surface area contributed by atoms with E-state index in [1.165, 1.54) is 38.5 Å². The van der Waals surface area contributed by atoms with Crippen molar-refractivity contribution >= 4 is 9.84 Å². The molecule has 0 aromatic rings. The van der Waals surface area contributed by atoms with E-state index >= 15 is 0 Å². The summed E-state index contributed by atoms with van der Waals surface area (Å²) < 4.78 is 22.9. The van der Waals surface area contributed by atoms with Crippen LogP contribution in [0.3, 0.4) is 0 Å². The molecule has 1 rings (SSSR count). The van der Waals surface area contributed by atoms with E-state index in [1.807, 2.05) is 0 Å². The van der Waals surface area contributed by atoms with Gasteiger partial charge in [0.2, 0.25) is 0 Å². The quantitative estimate of drug-likeness (QED) is 0.747. The van der Waals surface area contributed by atoms with Gasteiger partial charge in [-0.3, -0.25) is 0 Å². The van der Waals surface area contributed by atoms with Gasteiger partial charge in [-0.1, -0.05) is 39.5 Å². The lowest BCUT2D eigenvalue weighted by molar-refractivity contribution is 0.228. The Morgan fingerprint density at radius 2 is 1.79 bits per heavy atom. The van der Waals surface area contributed by atoms with Crippen molar-refractivity contribution in [2.75, 3.05) is 11.5 Å². The van der Waals surface area contributed by atoms with E-state index in [4.69, 9.17) is 5.73 Å². The highest BCUT2D eigenvalue weighted by Crippen LogP contribution is 2.33. The van der Waals surface area contributed by atoms with Gasteiger partial charge < -0.3 is 5.73 Å².